The highest BCUT2D eigenvalue weighted by atomic mass is 15.1. The molecule has 1 rings (SSSR count). The molecule has 96 valence electrons. The van der Waals surface area contributed by atoms with Crippen LogP contribution in [0.4, 0.5) is 0 Å². The summed E-state index contributed by atoms with van der Waals surface area (Å²) in [5.74, 6) is 4.35. The fourth-order valence-corrected chi connectivity index (χ4v) is 3.63. The number of likely N-dealkylation sites (tertiary alicyclic amines) is 1. The first-order valence-electron chi connectivity index (χ1n) is 7.14. The molecule has 0 spiro atoms. The van der Waals surface area contributed by atoms with Crippen LogP contribution in [-0.4, -0.2) is 24.5 Å². The van der Waals surface area contributed by atoms with Crippen molar-refractivity contribution in [3.8, 4) is 0 Å². The van der Waals surface area contributed by atoms with E-state index in [1.165, 1.54) is 26.1 Å². The molecule has 1 aliphatic heterocycles. The SMILES string of the molecule is CC(C)CCN1CC(C)C(C(C)C)C(C)C1. The smallest absolute Gasteiger partial charge is 0.000999 e. The second kappa shape index (κ2) is 6.05. The lowest BCUT2D eigenvalue weighted by Crippen LogP contribution is -2.46. The van der Waals surface area contributed by atoms with Gasteiger partial charge in [0.05, 0.1) is 0 Å². The molecule has 0 saturated carbocycles. The monoisotopic (exact) mass is 225 g/mol. The molecule has 0 amide bonds. The van der Waals surface area contributed by atoms with E-state index in [4.69, 9.17) is 0 Å². The van der Waals surface area contributed by atoms with Crippen molar-refractivity contribution in [2.24, 2.45) is 29.6 Å². The summed E-state index contributed by atoms with van der Waals surface area (Å²) in [5.41, 5.74) is 0. The Morgan fingerprint density at radius 1 is 1.00 bits per heavy atom. The molecule has 1 nitrogen and oxygen atoms in total. The lowest BCUT2D eigenvalue weighted by atomic mass is 9.73. The molecule has 16 heavy (non-hydrogen) atoms. The molecule has 0 radical (unpaired) electrons. The zero-order chi connectivity index (χ0) is 12.3. The Kier molecular flexibility index (Phi) is 5.30. The largest absolute Gasteiger partial charge is 0.303 e. The Bertz CT molecular complexity index is 186. The van der Waals surface area contributed by atoms with E-state index in [0.717, 1.165) is 29.6 Å². The van der Waals surface area contributed by atoms with E-state index in [1.807, 2.05) is 0 Å². The first-order chi connectivity index (χ1) is 7.41. The van der Waals surface area contributed by atoms with Crippen molar-refractivity contribution in [1.29, 1.82) is 0 Å². The fourth-order valence-electron chi connectivity index (χ4n) is 3.63. The van der Waals surface area contributed by atoms with Crippen molar-refractivity contribution >= 4 is 0 Å². The van der Waals surface area contributed by atoms with Crippen molar-refractivity contribution in [1.82, 2.24) is 4.90 Å². The molecule has 1 fully saturated rings. The molecular formula is C15H31N. The van der Waals surface area contributed by atoms with E-state index in [0.29, 0.717) is 0 Å². The van der Waals surface area contributed by atoms with Crippen molar-refractivity contribution < 1.29 is 0 Å². The van der Waals surface area contributed by atoms with Gasteiger partial charge in [-0.05, 0) is 42.6 Å². The van der Waals surface area contributed by atoms with Gasteiger partial charge in [-0.3, -0.25) is 0 Å². The standard InChI is InChI=1S/C15H31N/c1-11(2)7-8-16-9-13(5)15(12(3)4)14(6)10-16/h11-15H,7-10H2,1-6H3. The van der Waals surface area contributed by atoms with Crippen molar-refractivity contribution in [2.45, 2.75) is 48.0 Å². The number of rotatable bonds is 4. The summed E-state index contributed by atoms with van der Waals surface area (Å²) in [6, 6.07) is 0. The van der Waals surface area contributed by atoms with Gasteiger partial charge in [0.1, 0.15) is 0 Å². The van der Waals surface area contributed by atoms with E-state index >= 15 is 0 Å². The van der Waals surface area contributed by atoms with Gasteiger partial charge in [0.15, 0.2) is 0 Å². The molecule has 1 heteroatoms. The van der Waals surface area contributed by atoms with Crippen LogP contribution in [0.1, 0.15) is 48.0 Å². The van der Waals surface area contributed by atoms with Gasteiger partial charge in [0.25, 0.3) is 0 Å². The van der Waals surface area contributed by atoms with E-state index in [2.05, 4.69) is 46.4 Å². The van der Waals surface area contributed by atoms with Crippen LogP contribution in [0.25, 0.3) is 0 Å². The van der Waals surface area contributed by atoms with Crippen LogP contribution in [0, 0.1) is 29.6 Å². The minimum absolute atomic E-state index is 0.841. The lowest BCUT2D eigenvalue weighted by Gasteiger charge is -2.43. The average Bonchev–Trinajstić information content (AvgIpc) is 2.12. The first kappa shape index (κ1) is 14.0. The summed E-state index contributed by atoms with van der Waals surface area (Å²) in [4.78, 5) is 2.69. The van der Waals surface area contributed by atoms with Crippen molar-refractivity contribution in [2.75, 3.05) is 19.6 Å². The average molecular weight is 225 g/mol. The maximum Gasteiger partial charge on any atom is 0.000999 e. The maximum atomic E-state index is 2.69. The molecule has 0 aliphatic carbocycles. The number of nitrogens with zero attached hydrogens (tertiary/aromatic N) is 1. The second-order valence-corrected chi connectivity index (χ2v) is 6.72. The van der Waals surface area contributed by atoms with Gasteiger partial charge in [-0.1, -0.05) is 41.5 Å². The Labute approximate surface area is 103 Å². The number of hydrogen-bond donors (Lipinski definition) is 0. The van der Waals surface area contributed by atoms with Crippen LogP contribution >= 0.6 is 0 Å². The summed E-state index contributed by atoms with van der Waals surface area (Å²) in [7, 11) is 0. The normalized spacial score (nSPS) is 32.6. The van der Waals surface area contributed by atoms with Gasteiger partial charge < -0.3 is 4.90 Å². The highest BCUT2D eigenvalue weighted by Gasteiger charge is 2.33. The van der Waals surface area contributed by atoms with Crippen molar-refractivity contribution in [3.05, 3.63) is 0 Å². The zero-order valence-corrected chi connectivity index (χ0v) is 12.2. The molecule has 0 aromatic carbocycles. The summed E-state index contributed by atoms with van der Waals surface area (Å²) in [6.07, 6.45) is 1.35. The van der Waals surface area contributed by atoms with E-state index in [9.17, 15) is 0 Å². The molecule has 2 unspecified atom stereocenters. The molecule has 2 atom stereocenters. The van der Waals surface area contributed by atoms with Gasteiger partial charge in [0.2, 0.25) is 0 Å². The van der Waals surface area contributed by atoms with E-state index < -0.39 is 0 Å². The molecule has 0 bridgehead atoms. The lowest BCUT2D eigenvalue weighted by molar-refractivity contribution is 0.0491. The Morgan fingerprint density at radius 2 is 1.50 bits per heavy atom. The molecule has 0 N–H and O–H groups in total. The van der Waals surface area contributed by atoms with Crippen LogP contribution in [-0.2, 0) is 0 Å². The van der Waals surface area contributed by atoms with Crippen LogP contribution in [0.3, 0.4) is 0 Å². The predicted molar refractivity (Wildman–Crippen MR) is 72.6 cm³/mol. The summed E-state index contributed by atoms with van der Waals surface area (Å²) in [6.45, 7) is 18.3. The van der Waals surface area contributed by atoms with Crippen LogP contribution in [0.5, 0.6) is 0 Å². The third-order valence-corrected chi connectivity index (χ3v) is 4.20. The van der Waals surface area contributed by atoms with Gasteiger partial charge in [-0.25, -0.2) is 0 Å². The van der Waals surface area contributed by atoms with Crippen molar-refractivity contribution in [3.63, 3.8) is 0 Å². The maximum absolute atomic E-state index is 2.69. The fraction of sp³-hybridized carbons (Fsp3) is 1.00. The molecule has 0 aromatic heterocycles. The Hall–Kier alpha value is -0.0400. The van der Waals surface area contributed by atoms with Crippen LogP contribution in [0.15, 0.2) is 0 Å². The molecule has 0 aromatic rings. The van der Waals surface area contributed by atoms with Gasteiger partial charge in [0, 0.05) is 13.1 Å². The van der Waals surface area contributed by atoms with Gasteiger partial charge >= 0.3 is 0 Å². The summed E-state index contributed by atoms with van der Waals surface area (Å²) in [5, 5.41) is 0. The number of piperidine rings is 1. The topological polar surface area (TPSA) is 3.24 Å². The minimum atomic E-state index is 0.841. The molecule has 1 aliphatic rings. The Morgan fingerprint density at radius 3 is 1.88 bits per heavy atom. The minimum Gasteiger partial charge on any atom is -0.303 e. The zero-order valence-electron chi connectivity index (χ0n) is 12.2. The summed E-state index contributed by atoms with van der Waals surface area (Å²) < 4.78 is 0. The molecule has 1 heterocycles. The summed E-state index contributed by atoms with van der Waals surface area (Å²) >= 11 is 0. The van der Waals surface area contributed by atoms with Crippen LogP contribution < -0.4 is 0 Å². The Balaban J connectivity index is 2.46. The van der Waals surface area contributed by atoms with Crippen LogP contribution in [0.2, 0.25) is 0 Å². The third-order valence-electron chi connectivity index (χ3n) is 4.20. The molecule has 1 saturated heterocycles. The van der Waals surface area contributed by atoms with E-state index in [1.54, 1.807) is 0 Å². The number of hydrogen-bond acceptors (Lipinski definition) is 1. The highest BCUT2D eigenvalue weighted by Crippen LogP contribution is 2.34. The van der Waals surface area contributed by atoms with Gasteiger partial charge in [-0.15, -0.1) is 0 Å². The molecular weight excluding hydrogens is 194 g/mol. The third kappa shape index (κ3) is 3.76. The first-order valence-corrected chi connectivity index (χ1v) is 7.14. The predicted octanol–water partition coefficient (Wildman–Crippen LogP) is 3.89. The van der Waals surface area contributed by atoms with Gasteiger partial charge in [-0.2, -0.15) is 0 Å². The van der Waals surface area contributed by atoms with E-state index in [-0.39, 0.29) is 0 Å². The highest BCUT2D eigenvalue weighted by molar-refractivity contribution is 4.84. The second-order valence-electron chi connectivity index (χ2n) is 6.72. The quantitative estimate of drug-likeness (QED) is 0.701.